The molecule has 9 heteroatoms. The van der Waals surface area contributed by atoms with Gasteiger partial charge in [-0.2, -0.15) is 0 Å². The van der Waals surface area contributed by atoms with E-state index in [1.165, 1.54) is 4.52 Å². The van der Waals surface area contributed by atoms with Gasteiger partial charge in [0, 0.05) is 10.6 Å². The summed E-state index contributed by atoms with van der Waals surface area (Å²) in [5.74, 6) is -0.403. The number of rotatable bonds is 5. The van der Waals surface area contributed by atoms with Gasteiger partial charge in [0.25, 0.3) is 5.56 Å². The maximum absolute atomic E-state index is 12.5. The zero-order chi connectivity index (χ0) is 18.1. The van der Waals surface area contributed by atoms with Crippen molar-refractivity contribution in [3.05, 3.63) is 45.3 Å². The molecule has 25 heavy (non-hydrogen) atoms. The van der Waals surface area contributed by atoms with Crippen LogP contribution in [0.15, 0.2) is 34.2 Å². The number of hydrogen-bond donors (Lipinski definition) is 1. The minimum Gasteiger partial charge on any atom is -0.297 e. The van der Waals surface area contributed by atoms with Crippen LogP contribution < -0.4 is 5.56 Å². The number of H-pyrrole nitrogens is 1. The first-order valence-corrected chi connectivity index (χ1v) is 8.93. The molecule has 0 saturated heterocycles. The Balaban J connectivity index is 2.22. The quantitative estimate of drug-likeness (QED) is 0.669. The Morgan fingerprint density at radius 1 is 1.28 bits per heavy atom. The summed E-state index contributed by atoms with van der Waals surface area (Å²) in [6.07, 6.45) is -2.49. The van der Waals surface area contributed by atoms with Crippen LogP contribution in [0.1, 0.15) is 25.5 Å². The predicted molar refractivity (Wildman–Crippen MR) is 94.9 cm³/mol. The van der Waals surface area contributed by atoms with Crippen LogP contribution in [0.25, 0.3) is 16.9 Å². The fourth-order valence-corrected chi connectivity index (χ4v) is 3.14. The van der Waals surface area contributed by atoms with Crippen LogP contribution in [0.4, 0.5) is 8.78 Å². The Hall–Kier alpha value is -1.93. The van der Waals surface area contributed by atoms with Crippen LogP contribution in [0, 0.1) is 0 Å². The number of halogens is 3. The highest BCUT2D eigenvalue weighted by atomic mass is 35.5. The van der Waals surface area contributed by atoms with Gasteiger partial charge in [0.05, 0.1) is 17.1 Å². The molecule has 0 bridgehead atoms. The average Bonchev–Trinajstić information content (AvgIpc) is 2.94. The lowest BCUT2D eigenvalue weighted by Gasteiger charge is -2.08. The van der Waals surface area contributed by atoms with Gasteiger partial charge in [0.1, 0.15) is 0 Å². The van der Waals surface area contributed by atoms with Crippen molar-refractivity contribution in [2.24, 2.45) is 0 Å². The maximum Gasteiger partial charge on any atom is 0.295 e. The molecule has 0 fully saturated rings. The summed E-state index contributed by atoms with van der Waals surface area (Å²) in [4.78, 5) is 19.2. The van der Waals surface area contributed by atoms with Gasteiger partial charge in [-0.05, 0) is 18.1 Å². The van der Waals surface area contributed by atoms with Crippen LogP contribution in [-0.2, 0) is 0 Å². The highest BCUT2D eigenvalue weighted by Crippen LogP contribution is 2.30. The van der Waals surface area contributed by atoms with Crippen molar-refractivity contribution in [1.29, 1.82) is 0 Å². The van der Waals surface area contributed by atoms with Gasteiger partial charge in [0.15, 0.2) is 5.16 Å². The molecule has 2 heterocycles. The second kappa shape index (κ2) is 7.13. The summed E-state index contributed by atoms with van der Waals surface area (Å²) in [7, 11) is 0. The molecule has 0 amide bonds. The van der Waals surface area contributed by atoms with Crippen molar-refractivity contribution in [3.8, 4) is 11.3 Å². The standard InChI is InChI=1S/C16H15ClF2N4OS/c1-8(2)12-13(9-3-5-10(17)6-4-9)23-14(20-12)15(24)21-16(22-23)25-7-11(18)19/h3-6,8,11H,7H2,1-2H3,(H,21,22,24). The predicted octanol–water partition coefficient (Wildman–Crippen LogP) is 4.22. The number of aromatic nitrogens is 4. The molecule has 0 saturated carbocycles. The minimum atomic E-state index is -2.49. The second-order valence-corrected chi connectivity index (χ2v) is 7.15. The smallest absolute Gasteiger partial charge is 0.295 e. The van der Waals surface area contributed by atoms with E-state index in [1.54, 1.807) is 12.1 Å². The minimum absolute atomic E-state index is 0.0453. The van der Waals surface area contributed by atoms with Gasteiger partial charge in [0.2, 0.25) is 12.1 Å². The van der Waals surface area contributed by atoms with E-state index in [0.717, 1.165) is 17.3 Å². The molecule has 5 nitrogen and oxygen atoms in total. The number of aromatic amines is 1. The van der Waals surface area contributed by atoms with E-state index >= 15 is 0 Å². The van der Waals surface area contributed by atoms with Crippen molar-refractivity contribution in [3.63, 3.8) is 0 Å². The lowest BCUT2D eigenvalue weighted by Crippen LogP contribution is -2.15. The van der Waals surface area contributed by atoms with Gasteiger partial charge in [-0.25, -0.2) is 18.3 Å². The Labute approximate surface area is 151 Å². The summed E-state index contributed by atoms with van der Waals surface area (Å²) in [6.45, 7) is 3.92. The topological polar surface area (TPSA) is 63.0 Å². The van der Waals surface area contributed by atoms with E-state index in [0.29, 0.717) is 16.4 Å². The van der Waals surface area contributed by atoms with E-state index in [-0.39, 0.29) is 16.7 Å². The maximum atomic E-state index is 12.5. The Morgan fingerprint density at radius 2 is 1.96 bits per heavy atom. The highest BCUT2D eigenvalue weighted by molar-refractivity contribution is 7.99. The number of hydrogen-bond acceptors (Lipinski definition) is 4. The van der Waals surface area contributed by atoms with Gasteiger partial charge in [-0.15, -0.1) is 5.10 Å². The molecular formula is C16H15ClF2N4OS. The van der Waals surface area contributed by atoms with Crippen LogP contribution >= 0.6 is 23.4 Å². The third-order valence-electron chi connectivity index (χ3n) is 3.51. The Morgan fingerprint density at radius 3 is 2.56 bits per heavy atom. The number of nitrogens with zero attached hydrogens (tertiary/aromatic N) is 3. The number of thioether (sulfide) groups is 1. The zero-order valence-electron chi connectivity index (χ0n) is 13.5. The van der Waals surface area contributed by atoms with Crippen molar-refractivity contribution >= 4 is 29.0 Å². The van der Waals surface area contributed by atoms with Gasteiger partial charge >= 0.3 is 0 Å². The van der Waals surface area contributed by atoms with E-state index in [2.05, 4.69) is 15.1 Å². The van der Waals surface area contributed by atoms with Crippen LogP contribution in [0.2, 0.25) is 5.02 Å². The third kappa shape index (κ3) is 3.69. The van der Waals surface area contributed by atoms with E-state index in [1.807, 2.05) is 26.0 Å². The number of alkyl halides is 2. The van der Waals surface area contributed by atoms with Crippen LogP contribution in [0.5, 0.6) is 0 Å². The lowest BCUT2D eigenvalue weighted by molar-refractivity contribution is 0.176. The first-order valence-electron chi connectivity index (χ1n) is 7.56. The monoisotopic (exact) mass is 384 g/mol. The zero-order valence-corrected chi connectivity index (χ0v) is 15.0. The Bertz CT molecular complexity index is 953. The van der Waals surface area contributed by atoms with Crippen molar-refractivity contribution < 1.29 is 8.78 Å². The largest absolute Gasteiger partial charge is 0.297 e. The second-order valence-electron chi connectivity index (χ2n) is 5.70. The van der Waals surface area contributed by atoms with Gasteiger partial charge in [-0.3, -0.25) is 9.78 Å². The molecule has 0 aliphatic rings. The molecule has 0 aliphatic carbocycles. The number of benzene rings is 1. The molecule has 2 aromatic heterocycles. The summed E-state index contributed by atoms with van der Waals surface area (Å²) in [5, 5.41) is 5.02. The van der Waals surface area contributed by atoms with E-state index in [4.69, 9.17) is 11.6 Å². The van der Waals surface area contributed by atoms with Gasteiger partial charge < -0.3 is 0 Å². The van der Waals surface area contributed by atoms with Crippen LogP contribution in [-0.4, -0.2) is 31.8 Å². The fourth-order valence-electron chi connectivity index (χ4n) is 2.43. The molecule has 0 aliphatic heterocycles. The summed E-state index contributed by atoms with van der Waals surface area (Å²) in [5.41, 5.74) is 1.83. The molecule has 1 aromatic carbocycles. The number of imidazole rings is 1. The van der Waals surface area contributed by atoms with Crippen LogP contribution in [0.3, 0.4) is 0 Å². The summed E-state index contributed by atoms with van der Waals surface area (Å²) in [6, 6.07) is 7.10. The SMILES string of the molecule is CC(C)c1nc2c(=O)[nH]c(SCC(F)F)nn2c1-c1ccc(Cl)cc1. The molecule has 0 unspecified atom stereocenters. The molecule has 0 atom stereocenters. The average molecular weight is 385 g/mol. The van der Waals surface area contributed by atoms with Crippen molar-refractivity contribution in [2.75, 3.05) is 5.75 Å². The molecule has 132 valence electrons. The molecule has 3 aromatic rings. The molecule has 0 radical (unpaired) electrons. The Kier molecular flexibility index (Phi) is 5.10. The first-order chi connectivity index (χ1) is 11.9. The normalized spacial score (nSPS) is 11.8. The van der Waals surface area contributed by atoms with Crippen molar-refractivity contribution in [1.82, 2.24) is 19.6 Å². The molecular weight excluding hydrogens is 370 g/mol. The van der Waals surface area contributed by atoms with E-state index < -0.39 is 17.7 Å². The first kappa shape index (κ1) is 17.9. The summed E-state index contributed by atoms with van der Waals surface area (Å²) >= 11 is 6.74. The highest BCUT2D eigenvalue weighted by Gasteiger charge is 2.20. The van der Waals surface area contributed by atoms with E-state index in [9.17, 15) is 13.6 Å². The lowest BCUT2D eigenvalue weighted by atomic mass is 10.0. The third-order valence-corrected chi connectivity index (χ3v) is 4.63. The molecule has 0 spiro atoms. The van der Waals surface area contributed by atoms with Crippen molar-refractivity contribution in [2.45, 2.75) is 31.3 Å². The molecule has 3 rings (SSSR count). The number of fused-ring (bicyclic) bond motifs is 1. The summed E-state index contributed by atoms with van der Waals surface area (Å²) < 4.78 is 26.3. The fraction of sp³-hybridized carbons (Fsp3) is 0.312. The molecule has 1 N–H and O–H groups in total. The van der Waals surface area contributed by atoms with Gasteiger partial charge in [-0.1, -0.05) is 49.3 Å². The number of nitrogens with one attached hydrogen (secondary N) is 1.